The van der Waals surface area contributed by atoms with Crippen LogP contribution in [0.2, 0.25) is 0 Å². The number of quaternary nitrogens is 1. The van der Waals surface area contributed by atoms with Crippen LogP contribution < -0.4 is 20.1 Å². The first-order chi connectivity index (χ1) is 14.7. The number of aryl methyl sites for hydroxylation is 2. The van der Waals surface area contributed by atoms with Gasteiger partial charge in [-0.1, -0.05) is 6.42 Å². The van der Waals surface area contributed by atoms with Gasteiger partial charge in [0, 0.05) is 4.88 Å². The molecule has 158 valence electrons. The number of hydrogen-bond donors (Lipinski definition) is 1. The second-order valence-corrected chi connectivity index (χ2v) is 9.52. The van der Waals surface area contributed by atoms with Crippen molar-refractivity contribution in [2.75, 3.05) is 45.2 Å². The van der Waals surface area contributed by atoms with E-state index < -0.39 is 0 Å². The van der Waals surface area contributed by atoms with Crippen LogP contribution >= 0.6 is 11.3 Å². The number of ether oxygens (including phenoxy) is 1. The molecule has 1 saturated heterocycles. The number of thiophene rings is 1. The van der Waals surface area contributed by atoms with Crippen molar-refractivity contribution in [2.24, 2.45) is 0 Å². The van der Waals surface area contributed by atoms with Crippen molar-refractivity contribution >= 4 is 27.5 Å². The Kier molecular flexibility index (Phi) is 5.25. The predicted molar refractivity (Wildman–Crippen MR) is 122 cm³/mol. The molecule has 0 amide bonds. The highest BCUT2D eigenvalue weighted by atomic mass is 32.1. The first kappa shape index (κ1) is 19.6. The number of piperazine rings is 1. The van der Waals surface area contributed by atoms with Crippen molar-refractivity contribution in [1.82, 2.24) is 9.55 Å². The molecule has 1 N–H and O–H groups in total. The lowest BCUT2D eigenvalue weighted by Gasteiger charge is -2.32. The summed E-state index contributed by atoms with van der Waals surface area (Å²) in [4.78, 5) is 25.1. The zero-order valence-electron chi connectivity index (χ0n) is 17.7. The monoisotopic (exact) mass is 425 g/mol. The Balaban J connectivity index is 1.72. The number of methoxy groups -OCH3 is 1. The van der Waals surface area contributed by atoms with Gasteiger partial charge in [-0.05, 0) is 55.5 Å². The molecule has 7 heteroatoms. The maximum atomic E-state index is 13.9. The van der Waals surface area contributed by atoms with Crippen molar-refractivity contribution in [3.8, 4) is 11.4 Å². The van der Waals surface area contributed by atoms with Crippen molar-refractivity contribution in [3.05, 3.63) is 45.1 Å². The molecule has 3 heterocycles. The fourth-order valence-corrected chi connectivity index (χ4v) is 5.88. The van der Waals surface area contributed by atoms with Gasteiger partial charge in [-0.15, -0.1) is 11.3 Å². The number of anilines is 1. The van der Waals surface area contributed by atoms with E-state index in [-0.39, 0.29) is 5.56 Å². The lowest BCUT2D eigenvalue weighted by atomic mass is 10.1. The third kappa shape index (κ3) is 3.40. The van der Waals surface area contributed by atoms with Gasteiger partial charge in [-0.25, -0.2) is 9.55 Å². The lowest BCUT2D eigenvalue weighted by molar-refractivity contribution is -0.880. The molecule has 0 saturated carbocycles. The molecule has 1 aliphatic heterocycles. The van der Waals surface area contributed by atoms with Crippen molar-refractivity contribution < 1.29 is 9.64 Å². The smallest absolute Gasteiger partial charge is 0.268 e. The Morgan fingerprint density at radius 3 is 2.53 bits per heavy atom. The summed E-state index contributed by atoms with van der Waals surface area (Å²) in [5.74, 6) is 1.57. The summed E-state index contributed by atoms with van der Waals surface area (Å²) in [7, 11) is 3.88. The van der Waals surface area contributed by atoms with E-state index in [1.54, 1.807) is 18.4 Å². The number of nitrogens with zero attached hydrogens (tertiary/aromatic N) is 3. The van der Waals surface area contributed by atoms with Crippen LogP contribution in [0.1, 0.15) is 29.7 Å². The average molecular weight is 426 g/mol. The highest BCUT2D eigenvalue weighted by Gasteiger charge is 2.26. The molecule has 0 spiro atoms. The molecule has 3 aromatic rings. The molecule has 0 radical (unpaired) electrons. The molecule has 6 nitrogen and oxygen atoms in total. The molecule has 2 aromatic heterocycles. The number of nitrogens with one attached hydrogen (secondary N) is 1. The van der Waals surface area contributed by atoms with E-state index in [1.165, 1.54) is 28.2 Å². The minimum absolute atomic E-state index is 0.0749. The van der Waals surface area contributed by atoms with E-state index in [2.05, 4.69) is 11.9 Å². The quantitative estimate of drug-likeness (QED) is 0.653. The van der Waals surface area contributed by atoms with Crippen LogP contribution in [0.3, 0.4) is 0 Å². The molecule has 30 heavy (non-hydrogen) atoms. The molecule has 0 bridgehead atoms. The van der Waals surface area contributed by atoms with Crippen molar-refractivity contribution in [1.29, 1.82) is 0 Å². The normalized spacial score (nSPS) is 17.7. The van der Waals surface area contributed by atoms with Gasteiger partial charge < -0.3 is 14.5 Å². The molecule has 0 unspecified atom stereocenters. The van der Waals surface area contributed by atoms with Gasteiger partial charge in [-0.2, -0.15) is 0 Å². The molecule has 1 aliphatic carbocycles. The molecule has 0 atom stereocenters. The van der Waals surface area contributed by atoms with Gasteiger partial charge in [-0.3, -0.25) is 4.79 Å². The highest BCUT2D eigenvalue weighted by molar-refractivity contribution is 7.18. The second-order valence-electron chi connectivity index (χ2n) is 8.44. The Morgan fingerprint density at radius 2 is 1.80 bits per heavy atom. The average Bonchev–Trinajstić information content (AvgIpc) is 2.96. The molecular formula is C23H29N4O2S+. The maximum absolute atomic E-state index is 13.9. The third-order valence-electron chi connectivity index (χ3n) is 6.45. The molecular weight excluding hydrogens is 396 g/mol. The summed E-state index contributed by atoms with van der Waals surface area (Å²) in [6.07, 6.45) is 5.67. The standard InChI is InChI=1S/C23H28N4O2S/c1-25-12-14-26(15-13-25)23-24-21-20(18-6-4-3-5-7-19(18)30-21)22(28)27(23)16-8-10-17(29-2)11-9-16/h8-11H,3-7,12-15H2,1-2H3/p+1. The molecule has 2 aliphatic rings. The van der Waals surface area contributed by atoms with Crippen LogP contribution in [-0.4, -0.2) is 49.9 Å². The minimum Gasteiger partial charge on any atom is -0.497 e. The summed E-state index contributed by atoms with van der Waals surface area (Å²) < 4.78 is 7.16. The second kappa shape index (κ2) is 8.04. The third-order valence-corrected chi connectivity index (χ3v) is 7.64. The van der Waals surface area contributed by atoms with E-state index in [4.69, 9.17) is 9.72 Å². The Morgan fingerprint density at radius 1 is 1.07 bits per heavy atom. The van der Waals surface area contributed by atoms with Gasteiger partial charge in [0.15, 0.2) is 0 Å². The highest BCUT2D eigenvalue weighted by Crippen LogP contribution is 2.34. The van der Waals surface area contributed by atoms with Gasteiger partial charge in [0.1, 0.15) is 10.6 Å². The zero-order chi connectivity index (χ0) is 20.7. The topological polar surface area (TPSA) is 51.8 Å². The Hall–Kier alpha value is -2.38. The number of hydrogen-bond acceptors (Lipinski definition) is 5. The van der Waals surface area contributed by atoms with Crippen LogP contribution in [0.25, 0.3) is 15.9 Å². The maximum Gasteiger partial charge on any atom is 0.268 e. The van der Waals surface area contributed by atoms with Crippen molar-refractivity contribution in [3.63, 3.8) is 0 Å². The van der Waals surface area contributed by atoms with Crippen LogP contribution in [-0.2, 0) is 12.8 Å². The van der Waals surface area contributed by atoms with Crippen LogP contribution in [0.4, 0.5) is 5.95 Å². The van der Waals surface area contributed by atoms with E-state index in [0.29, 0.717) is 0 Å². The Bertz CT molecular complexity index is 1110. The number of aromatic nitrogens is 2. The predicted octanol–water partition coefficient (Wildman–Crippen LogP) is 2.06. The first-order valence-corrected chi connectivity index (χ1v) is 11.8. The summed E-state index contributed by atoms with van der Waals surface area (Å²) >= 11 is 1.74. The zero-order valence-corrected chi connectivity index (χ0v) is 18.6. The van der Waals surface area contributed by atoms with E-state index in [0.717, 1.165) is 73.0 Å². The number of benzene rings is 1. The molecule has 1 fully saturated rings. The van der Waals surface area contributed by atoms with Crippen molar-refractivity contribution in [2.45, 2.75) is 32.1 Å². The minimum atomic E-state index is 0.0749. The number of fused-ring (bicyclic) bond motifs is 3. The van der Waals surface area contributed by atoms with Gasteiger partial charge in [0.25, 0.3) is 5.56 Å². The molecule has 5 rings (SSSR count). The fraction of sp³-hybridized carbons (Fsp3) is 0.478. The van der Waals surface area contributed by atoms with E-state index in [9.17, 15) is 4.79 Å². The van der Waals surface area contributed by atoms with E-state index >= 15 is 0 Å². The summed E-state index contributed by atoms with van der Waals surface area (Å²) in [6.45, 7) is 3.92. The Labute approximate surface area is 180 Å². The van der Waals surface area contributed by atoms with Crippen LogP contribution in [0.5, 0.6) is 5.75 Å². The molecule has 1 aromatic carbocycles. The summed E-state index contributed by atoms with van der Waals surface area (Å²) in [5, 5.41) is 0.844. The number of likely N-dealkylation sites (N-methyl/N-ethyl adjacent to an activating group) is 1. The van der Waals surface area contributed by atoms with Gasteiger partial charge in [0.05, 0.1) is 51.4 Å². The van der Waals surface area contributed by atoms with Gasteiger partial charge >= 0.3 is 0 Å². The van der Waals surface area contributed by atoms with Gasteiger partial charge in [0.2, 0.25) is 5.95 Å². The first-order valence-electron chi connectivity index (χ1n) is 10.9. The lowest BCUT2D eigenvalue weighted by Crippen LogP contribution is -3.12. The van der Waals surface area contributed by atoms with E-state index in [1.807, 2.05) is 28.8 Å². The van der Waals surface area contributed by atoms with Crippen LogP contribution in [0, 0.1) is 0 Å². The number of rotatable bonds is 3. The largest absolute Gasteiger partial charge is 0.497 e. The SMILES string of the molecule is COc1ccc(-n2c(N3CC[NH+](C)CC3)nc3sc4c(c3c2=O)CCCCC4)cc1. The summed E-state index contributed by atoms with van der Waals surface area (Å²) in [6, 6.07) is 7.75. The summed E-state index contributed by atoms with van der Waals surface area (Å²) in [5.41, 5.74) is 2.18. The fourth-order valence-electron chi connectivity index (χ4n) is 4.64. The van der Waals surface area contributed by atoms with Crippen LogP contribution in [0.15, 0.2) is 29.1 Å².